The predicted molar refractivity (Wildman–Crippen MR) is 173 cm³/mol. The molecule has 1 aliphatic rings. The molecule has 1 N–H and O–H groups in total. The van der Waals surface area contributed by atoms with Gasteiger partial charge in [-0.25, -0.2) is 18.2 Å². The van der Waals surface area contributed by atoms with Crippen LogP contribution in [0.2, 0.25) is 13.3 Å². The third-order valence-corrected chi connectivity index (χ3v) is 24.2. The van der Waals surface area contributed by atoms with E-state index in [9.17, 15) is 13.2 Å². The van der Waals surface area contributed by atoms with Gasteiger partial charge in [0.05, 0.1) is 5.56 Å². The van der Waals surface area contributed by atoms with Crippen LogP contribution in [0.5, 0.6) is 0 Å². The Kier molecular flexibility index (Phi) is 12.7. The molecule has 0 amide bonds. The third kappa shape index (κ3) is 7.92. The Labute approximate surface area is 261 Å². The van der Waals surface area contributed by atoms with Crippen molar-refractivity contribution in [1.82, 2.24) is 20.3 Å². The van der Waals surface area contributed by atoms with E-state index in [1.807, 2.05) is 18.0 Å². The fourth-order valence-electron chi connectivity index (χ4n) is 5.80. The number of anilines is 1. The molecule has 0 aliphatic carbocycles. The van der Waals surface area contributed by atoms with E-state index in [4.69, 9.17) is 9.40 Å². The molecule has 11 heteroatoms. The standard InChI is InChI=1S/C15H13F3N4OS.C5H4N.3C4H9.Sn/c1-7-6-19-2-4-22(7)15-21-12-11(18)10(17)9(16)8(13(12)23-15)14-20-3-5-24-14;1-2-4-6-5-3-1;3*1-3-4-2;/h3,5,7,19H,2,4,6H2,1H3;1-4H;3*1,3-4H2,2H3;/t7-;;;;;/m0...../s1. The average molecular weight is 723 g/mol. The Hall–Kier alpha value is -2.18. The van der Waals surface area contributed by atoms with Crippen LogP contribution in [0, 0.1) is 17.5 Å². The molecular weight excluding hydrogens is 678 g/mol. The zero-order valence-corrected chi connectivity index (χ0v) is 29.4. The summed E-state index contributed by atoms with van der Waals surface area (Å²) in [5, 5.41) is 5.06. The normalized spacial score (nSPS) is 15.5. The van der Waals surface area contributed by atoms with Crippen molar-refractivity contribution in [3.8, 4) is 10.6 Å². The van der Waals surface area contributed by atoms with E-state index in [0.29, 0.717) is 19.6 Å². The summed E-state index contributed by atoms with van der Waals surface area (Å²) in [6, 6.07) is 6.84. The first-order valence-electron chi connectivity index (χ1n) is 15.6. The number of nitrogens with one attached hydrogen (secondary N) is 1. The van der Waals surface area contributed by atoms with Crippen molar-refractivity contribution in [2.24, 2.45) is 0 Å². The van der Waals surface area contributed by atoms with Crippen LogP contribution in [-0.2, 0) is 0 Å². The molecule has 0 radical (unpaired) electrons. The Morgan fingerprint density at radius 3 is 2.21 bits per heavy atom. The molecule has 3 aromatic heterocycles. The number of piperazine rings is 1. The van der Waals surface area contributed by atoms with E-state index in [0.717, 1.165) is 11.3 Å². The van der Waals surface area contributed by atoms with Crippen molar-refractivity contribution in [2.75, 3.05) is 24.5 Å². The molecule has 1 aliphatic heterocycles. The molecule has 0 spiro atoms. The number of unbranched alkanes of at least 4 members (excludes halogenated alkanes) is 3. The summed E-state index contributed by atoms with van der Waals surface area (Å²) in [7, 11) is 0. The van der Waals surface area contributed by atoms with Crippen molar-refractivity contribution < 1.29 is 17.6 Å². The summed E-state index contributed by atoms with van der Waals surface area (Å²) >= 11 is -1.09. The summed E-state index contributed by atoms with van der Waals surface area (Å²) < 4.78 is 54.2. The van der Waals surface area contributed by atoms with Crippen LogP contribution in [-0.4, -0.2) is 59.0 Å². The van der Waals surface area contributed by atoms with E-state index in [1.54, 1.807) is 9.09 Å². The number of oxazole rings is 1. The predicted octanol–water partition coefficient (Wildman–Crippen LogP) is 8.30. The fourth-order valence-corrected chi connectivity index (χ4v) is 21.9. The van der Waals surface area contributed by atoms with Crippen molar-refractivity contribution >= 4 is 50.5 Å². The van der Waals surface area contributed by atoms with Crippen LogP contribution in [0.15, 0.2) is 40.4 Å². The van der Waals surface area contributed by atoms with Crippen molar-refractivity contribution in [3.63, 3.8) is 0 Å². The maximum atomic E-state index is 14.3. The smallest absolute Gasteiger partial charge is 0.298 e. The van der Waals surface area contributed by atoms with Gasteiger partial charge in [-0.1, -0.05) is 0 Å². The van der Waals surface area contributed by atoms with Crippen LogP contribution >= 0.6 is 11.3 Å². The number of rotatable bonds is 12. The first-order chi connectivity index (χ1) is 20.9. The molecule has 43 heavy (non-hydrogen) atoms. The Balaban J connectivity index is 0.000000204. The van der Waals surface area contributed by atoms with E-state index in [-0.39, 0.29) is 33.7 Å². The second-order valence-electron chi connectivity index (χ2n) is 11.4. The molecule has 234 valence electrons. The molecule has 4 aromatic rings. The maximum Gasteiger partial charge on any atom is 0.298 e. The molecular formula is C32H44F3N5OSSn. The van der Waals surface area contributed by atoms with Gasteiger partial charge in [0.25, 0.3) is 6.01 Å². The van der Waals surface area contributed by atoms with E-state index >= 15 is 0 Å². The number of fused-ring (bicyclic) bond motifs is 1. The minimum Gasteiger partial charge on any atom is -0.422 e. The number of nitrogens with zero attached hydrogens (tertiary/aromatic N) is 4. The van der Waals surface area contributed by atoms with Crippen LogP contribution in [0.4, 0.5) is 19.2 Å². The SMILES string of the molecule is CCC[CH2][Sn]([CH2]CCC)([CH2]CCC)[c]1ccccn1.C[C@H]1CNCCN1c1nc2c(F)c(F)c(F)c(-c3nccs3)c2o1. The number of hydrogen-bond acceptors (Lipinski definition) is 7. The number of pyridine rings is 1. The van der Waals surface area contributed by atoms with Crippen molar-refractivity contribution in [2.45, 2.75) is 85.6 Å². The second kappa shape index (κ2) is 16.2. The first-order valence-corrected chi connectivity index (χ1v) is 24.0. The number of thiazole rings is 1. The minimum absolute atomic E-state index is 0.0629. The molecule has 0 bridgehead atoms. The van der Waals surface area contributed by atoms with Gasteiger partial charge in [-0.05, 0) is 6.92 Å². The van der Waals surface area contributed by atoms with Gasteiger partial charge >= 0.3 is 124 Å². The zero-order valence-electron chi connectivity index (χ0n) is 25.8. The number of hydrogen-bond donors (Lipinski definition) is 1. The fraction of sp³-hybridized carbons (Fsp3) is 0.531. The van der Waals surface area contributed by atoms with Gasteiger partial charge < -0.3 is 14.6 Å². The molecule has 0 unspecified atom stereocenters. The van der Waals surface area contributed by atoms with Gasteiger partial charge in [-0.3, -0.25) is 0 Å². The van der Waals surface area contributed by atoms with Crippen LogP contribution < -0.4 is 13.9 Å². The van der Waals surface area contributed by atoms with Gasteiger partial charge in [-0.15, -0.1) is 11.3 Å². The maximum absolute atomic E-state index is 14.3. The van der Waals surface area contributed by atoms with E-state index in [2.05, 4.69) is 54.3 Å². The van der Waals surface area contributed by atoms with Gasteiger partial charge in [0, 0.05) is 37.3 Å². The van der Waals surface area contributed by atoms with Crippen molar-refractivity contribution in [3.05, 3.63) is 53.4 Å². The minimum atomic E-state index is -2.21. The Bertz CT molecular complexity index is 1400. The average Bonchev–Trinajstić information content (AvgIpc) is 3.72. The molecule has 4 heterocycles. The second-order valence-corrected chi connectivity index (χ2v) is 25.3. The first kappa shape index (κ1) is 33.7. The largest absolute Gasteiger partial charge is 0.422 e. The molecule has 0 saturated carbocycles. The molecule has 1 atom stereocenters. The molecule has 1 saturated heterocycles. The van der Waals surface area contributed by atoms with Gasteiger partial charge in [0.2, 0.25) is 0 Å². The van der Waals surface area contributed by atoms with Crippen LogP contribution in [0.1, 0.15) is 66.2 Å². The van der Waals surface area contributed by atoms with Gasteiger partial charge in [0.1, 0.15) is 5.01 Å². The molecule has 5 rings (SSSR count). The van der Waals surface area contributed by atoms with Crippen LogP contribution in [0.25, 0.3) is 21.7 Å². The topological polar surface area (TPSA) is 67.1 Å². The van der Waals surface area contributed by atoms with Gasteiger partial charge in [0.15, 0.2) is 28.6 Å². The number of halogens is 3. The third-order valence-electron chi connectivity index (χ3n) is 8.28. The summed E-state index contributed by atoms with van der Waals surface area (Å²) in [4.78, 5) is 14.7. The zero-order chi connectivity index (χ0) is 30.8. The van der Waals surface area contributed by atoms with E-state index in [1.165, 1.54) is 58.0 Å². The quantitative estimate of drug-likeness (QED) is 0.117. The molecule has 1 aromatic carbocycles. The molecule has 1 fully saturated rings. The van der Waals surface area contributed by atoms with Crippen molar-refractivity contribution in [1.29, 1.82) is 0 Å². The van der Waals surface area contributed by atoms with E-state index < -0.39 is 35.8 Å². The number of benzene rings is 1. The summed E-state index contributed by atoms with van der Waals surface area (Å²) in [5.41, 5.74) is -0.637. The Morgan fingerprint density at radius 2 is 1.65 bits per heavy atom. The monoisotopic (exact) mass is 723 g/mol. The number of aromatic nitrogens is 3. The van der Waals surface area contributed by atoms with Gasteiger partial charge in [-0.2, -0.15) is 4.98 Å². The summed E-state index contributed by atoms with van der Waals surface area (Å²) in [6.45, 7) is 11.0. The summed E-state index contributed by atoms with van der Waals surface area (Å²) in [5.74, 6) is -4.23. The summed E-state index contributed by atoms with van der Waals surface area (Å²) in [6.07, 6.45) is 11.7. The molecule has 6 nitrogen and oxygen atoms in total. The van der Waals surface area contributed by atoms with Crippen LogP contribution in [0.3, 0.4) is 0 Å². The Morgan fingerprint density at radius 1 is 0.953 bits per heavy atom.